The second kappa shape index (κ2) is 5.85. The molecule has 0 aliphatic carbocycles. The monoisotopic (exact) mass is 301 g/mol. The minimum Gasteiger partial charge on any atom is -0.319 e. The summed E-state index contributed by atoms with van der Waals surface area (Å²) < 4.78 is 36.8. The average Bonchev–Trinajstić information content (AvgIpc) is 2.73. The van der Waals surface area contributed by atoms with E-state index in [0.29, 0.717) is 6.54 Å². The fourth-order valence-corrected chi connectivity index (χ4v) is 2.67. The first kappa shape index (κ1) is 16.5. The SMILES string of the molecule is CC1(CN2CC(=O)N(CC(F)(F)F)C2)CCNC1.Cl. The molecule has 2 aliphatic heterocycles. The van der Waals surface area contributed by atoms with Gasteiger partial charge in [0.25, 0.3) is 0 Å². The van der Waals surface area contributed by atoms with E-state index in [1.54, 1.807) is 4.90 Å². The van der Waals surface area contributed by atoms with Crippen LogP contribution in [0.4, 0.5) is 13.2 Å². The summed E-state index contributed by atoms with van der Waals surface area (Å²) in [6.07, 6.45) is -3.32. The molecule has 2 fully saturated rings. The molecule has 2 saturated heterocycles. The molecule has 0 aromatic heterocycles. The van der Waals surface area contributed by atoms with Gasteiger partial charge in [0.2, 0.25) is 5.91 Å². The molecule has 112 valence electrons. The topological polar surface area (TPSA) is 35.6 Å². The standard InChI is InChI=1S/C11H18F3N3O.ClH/c1-10(2-3-15-5-10)6-16-4-9(18)17(8-16)7-11(12,13)14;/h15H,2-8H2,1H3;1H. The van der Waals surface area contributed by atoms with E-state index in [-0.39, 0.29) is 31.0 Å². The Labute approximate surface area is 116 Å². The van der Waals surface area contributed by atoms with Crippen LogP contribution in [0, 0.1) is 5.41 Å². The molecule has 19 heavy (non-hydrogen) atoms. The Bertz CT molecular complexity index is 332. The smallest absolute Gasteiger partial charge is 0.319 e. The van der Waals surface area contributed by atoms with Gasteiger partial charge in [0.1, 0.15) is 6.54 Å². The van der Waals surface area contributed by atoms with Crippen molar-refractivity contribution in [2.24, 2.45) is 5.41 Å². The summed E-state index contributed by atoms with van der Waals surface area (Å²) >= 11 is 0. The summed E-state index contributed by atoms with van der Waals surface area (Å²) in [5, 5.41) is 3.24. The molecule has 2 rings (SSSR count). The highest BCUT2D eigenvalue weighted by atomic mass is 35.5. The molecular formula is C11H19ClF3N3O. The third-order valence-corrected chi connectivity index (χ3v) is 3.51. The number of carbonyl (C=O) groups is 1. The van der Waals surface area contributed by atoms with Crippen LogP contribution in [0.15, 0.2) is 0 Å². The molecule has 1 N–H and O–H groups in total. The summed E-state index contributed by atoms with van der Waals surface area (Å²) in [5.41, 5.74) is 0.0640. The number of hydrogen-bond acceptors (Lipinski definition) is 3. The van der Waals surface area contributed by atoms with Crippen LogP contribution in [-0.4, -0.2) is 61.3 Å². The number of carbonyl (C=O) groups excluding carboxylic acids is 1. The molecule has 1 amide bonds. The van der Waals surface area contributed by atoms with Crippen LogP contribution in [0.5, 0.6) is 0 Å². The average molecular weight is 302 g/mol. The predicted octanol–water partition coefficient (Wildman–Crippen LogP) is 1.07. The quantitative estimate of drug-likeness (QED) is 0.847. The van der Waals surface area contributed by atoms with Gasteiger partial charge in [-0.25, -0.2) is 0 Å². The van der Waals surface area contributed by atoms with Crippen molar-refractivity contribution < 1.29 is 18.0 Å². The first-order valence-corrected chi connectivity index (χ1v) is 6.05. The molecule has 0 aromatic carbocycles. The molecule has 4 nitrogen and oxygen atoms in total. The van der Waals surface area contributed by atoms with E-state index in [9.17, 15) is 18.0 Å². The third kappa shape index (κ3) is 4.50. The zero-order valence-corrected chi connectivity index (χ0v) is 11.6. The Morgan fingerprint density at radius 1 is 1.42 bits per heavy atom. The number of halogens is 4. The van der Waals surface area contributed by atoms with Crippen molar-refractivity contribution in [3.8, 4) is 0 Å². The summed E-state index contributed by atoms with van der Waals surface area (Å²) in [6, 6.07) is 0. The molecular weight excluding hydrogens is 283 g/mol. The van der Waals surface area contributed by atoms with Crippen LogP contribution >= 0.6 is 12.4 Å². The second-order valence-corrected chi connectivity index (χ2v) is 5.57. The van der Waals surface area contributed by atoms with E-state index in [1.165, 1.54) is 0 Å². The van der Waals surface area contributed by atoms with Gasteiger partial charge < -0.3 is 10.2 Å². The first-order chi connectivity index (χ1) is 8.27. The van der Waals surface area contributed by atoms with Gasteiger partial charge in [0.05, 0.1) is 13.2 Å². The maximum absolute atomic E-state index is 12.3. The summed E-state index contributed by atoms with van der Waals surface area (Å²) in [4.78, 5) is 14.2. The molecule has 1 unspecified atom stereocenters. The van der Waals surface area contributed by atoms with Gasteiger partial charge >= 0.3 is 6.18 Å². The van der Waals surface area contributed by atoms with Crippen molar-refractivity contribution in [3.63, 3.8) is 0 Å². The highest BCUT2D eigenvalue weighted by Gasteiger charge is 2.39. The van der Waals surface area contributed by atoms with E-state index in [0.717, 1.165) is 24.4 Å². The van der Waals surface area contributed by atoms with E-state index < -0.39 is 18.6 Å². The highest BCUT2D eigenvalue weighted by molar-refractivity contribution is 5.85. The van der Waals surface area contributed by atoms with Gasteiger partial charge in [-0.1, -0.05) is 6.92 Å². The van der Waals surface area contributed by atoms with Gasteiger partial charge in [0, 0.05) is 13.1 Å². The lowest BCUT2D eigenvalue weighted by Gasteiger charge is -2.28. The van der Waals surface area contributed by atoms with Crippen molar-refractivity contribution in [3.05, 3.63) is 0 Å². The Hall–Kier alpha value is -0.530. The number of hydrogen-bond donors (Lipinski definition) is 1. The van der Waals surface area contributed by atoms with Gasteiger partial charge in [-0.05, 0) is 18.4 Å². The van der Waals surface area contributed by atoms with Crippen molar-refractivity contribution in [2.75, 3.05) is 39.4 Å². The Morgan fingerprint density at radius 3 is 2.63 bits per heavy atom. The number of alkyl halides is 3. The van der Waals surface area contributed by atoms with Crippen molar-refractivity contribution in [1.29, 1.82) is 0 Å². The molecule has 0 bridgehead atoms. The third-order valence-electron chi connectivity index (χ3n) is 3.51. The number of amides is 1. The molecule has 0 saturated carbocycles. The van der Waals surface area contributed by atoms with Crippen LogP contribution in [0.25, 0.3) is 0 Å². The number of nitrogens with one attached hydrogen (secondary N) is 1. The van der Waals surface area contributed by atoms with Crippen LogP contribution in [0.1, 0.15) is 13.3 Å². The number of nitrogens with zero attached hydrogens (tertiary/aromatic N) is 2. The van der Waals surface area contributed by atoms with Gasteiger partial charge in [-0.2, -0.15) is 13.2 Å². The van der Waals surface area contributed by atoms with E-state index in [4.69, 9.17) is 0 Å². The van der Waals surface area contributed by atoms with Crippen molar-refractivity contribution >= 4 is 18.3 Å². The highest BCUT2D eigenvalue weighted by Crippen LogP contribution is 2.27. The molecule has 2 heterocycles. The van der Waals surface area contributed by atoms with Crippen LogP contribution in [0.2, 0.25) is 0 Å². The second-order valence-electron chi connectivity index (χ2n) is 5.57. The molecule has 2 aliphatic rings. The van der Waals surface area contributed by atoms with Gasteiger partial charge in [0.15, 0.2) is 0 Å². The van der Waals surface area contributed by atoms with Gasteiger partial charge in [-0.3, -0.25) is 9.69 Å². The van der Waals surface area contributed by atoms with Crippen molar-refractivity contribution in [2.45, 2.75) is 19.5 Å². The van der Waals surface area contributed by atoms with Crippen LogP contribution in [0.3, 0.4) is 0 Å². The summed E-state index contributed by atoms with van der Waals surface area (Å²) in [6.45, 7) is 3.61. The maximum atomic E-state index is 12.3. The normalized spacial score (nSPS) is 28.8. The fraction of sp³-hybridized carbons (Fsp3) is 0.909. The molecule has 1 atom stereocenters. The molecule has 0 spiro atoms. The van der Waals surface area contributed by atoms with E-state index in [2.05, 4.69) is 12.2 Å². The molecule has 0 aromatic rings. The molecule has 8 heteroatoms. The minimum absolute atomic E-state index is 0. The van der Waals surface area contributed by atoms with Crippen LogP contribution < -0.4 is 5.32 Å². The Kier molecular flexibility index (Phi) is 5.08. The zero-order chi connectivity index (χ0) is 13.4. The Balaban J connectivity index is 0.00000180. The van der Waals surface area contributed by atoms with Crippen molar-refractivity contribution in [1.82, 2.24) is 15.1 Å². The lowest BCUT2D eigenvalue weighted by molar-refractivity contribution is -0.157. The fourth-order valence-electron chi connectivity index (χ4n) is 2.67. The minimum atomic E-state index is -4.31. The Morgan fingerprint density at radius 2 is 2.11 bits per heavy atom. The van der Waals surface area contributed by atoms with Crippen LogP contribution in [-0.2, 0) is 4.79 Å². The predicted molar refractivity (Wildman–Crippen MR) is 67.0 cm³/mol. The number of rotatable bonds is 3. The van der Waals surface area contributed by atoms with E-state index in [1.807, 2.05) is 0 Å². The van der Waals surface area contributed by atoms with Gasteiger partial charge in [-0.15, -0.1) is 12.4 Å². The summed E-state index contributed by atoms with van der Waals surface area (Å²) in [5.74, 6) is -0.429. The molecule has 0 radical (unpaired) electrons. The maximum Gasteiger partial charge on any atom is 0.406 e. The lowest BCUT2D eigenvalue weighted by Crippen LogP contribution is -2.39. The summed E-state index contributed by atoms with van der Waals surface area (Å²) in [7, 11) is 0. The zero-order valence-electron chi connectivity index (χ0n) is 10.8. The van der Waals surface area contributed by atoms with E-state index >= 15 is 0 Å². The largest absolute Gasteiger partial charge is 0.406 e. The lowest BCUT2D eigenvalue weighted by atomic mass is 9.89. The first-order valence-electron chi connectivity index (χ1n) is 6.05.